The van der Waals surface area contributed by atoms with Gasteiger partial charge in [-0.25, -0.2) is 19.0 Å². The van der Waals surface area contributed by atoms with Crippen LogP contribution in [0.2, 0.25) is 0 Å². The van der Waals surface area contributed by atoms with Crippen molar-refractivity contribution in [2.75, 3.05) is 26.9 Å². The predicted octanol–water partition coefficient (Wildman–Crippen LogP) is 2.62. The van der Waals surface area contributed by atoms with E-state index in [2.05, 4.69) is 25.6 Å². The number of nitrogens with zero attached hydrogens (tertiary/aromatic N) is 5. The van der Waals surface area contributed by atoms with Crippen LogP contribution < -0.4 is 10.1 Å². The highest BCUT2D eigenvalue weighted by Crippen LogP contribution is 2.20. The smallest absolute Gasteiger partial charge is 0.297 e. The lowest BCUT2D eigenvalue weighted by Crippen LogP contribution is -2.40. The van der Waals surface area contributed by atoms with Crippen molar-refractivity contribution in [2.45, 2.75) is 44.0 Å². The number of nitrogens with one attached hydrogen (secondary N) is 1. The molecule has 0 saturated carbocycles. The van der Waals surface area contributed by atoms with Crippen LogP contribution in [0.25, 0.3) is 11.4 Å². The highest BCUT2D eigenvalue weighted by molar-refractivity contribution is 7.86. The quantitative estimate of drug-likeness (QED) is 0.244. The van der Waals surface area contributed by atoms with Crippen molar-refractivity contribution in [2.24, 2.45) is 0 Å². The van der Waals surface area contributed by atoms with E-state index in [9.17, 15) is 17.6 Å². The number of halogens is 1. The van der Waals surface area contributed by atoms with Crippen molar-refractivity contribution in [3.8, 4) is 17.1 Å². The maximum absolute atomic E-state index is 13.7. The number of rotatable bonds is 11. The number of benzene rings is 2. The molecule has 15 heteroatoms. The molecule has 44 heavy (non-hydrogen) atoms. The number of aryl methyl sites for hydroxylation is 2. The Labute approximate surface area is 253 Å². The molecular formula is C29H31FN6O7S. The van der Waals surface area contributed by atoms with Gasteiger partial charge in [-0.15, -0.1) is 5.10 Å². The van der Waals surface area contributed by atoms with E-state index in [-0.39, 0.29) is 48.8 Å². The second-order valence-corrected chi connectivity index (χ2v) is 11.7. The lowest BCUT2D eigenvalue weighted by Gasteiger charge is -2.29. The van der Waals surface area contributed by atoms with Gasteiger partial charge >= 0.3 is 0 Å². The van der Waals surface area contributed by atoms with Crippen molar-refractivity contribution in [1.82, 2.24) is 30.3 Å². The molecule has 3 heterocycles. The summed E-state index contributed by atoms with van der Waals surface area (Å²) < 4.78 is 61.9. The molecule has 2 atom stereocenters. The molecule has 0 bridgehead atoms. The molecule has 13 nitrogen and oxygen atoms in total. The monoisotopic (exact) mass is 626 g/mol. The van der Waals surface area contributed by atoms with Crippen LogP contribution in [0, 0.1) is 19.7 Å². The molecule has 5 rings (SSSR count). The molecule has 1 fully saturated rings. The number of aromatic nitrogens is 5. The van der Waals surface area contributed by atoms with E-state index < -0.39 is 27.9 Å². The maximum atomic E-state index is 13.7. The predicted molar refractivity (Wildman–Crippen MR) is 154 cm³/mol. The number of carbonyl (C=O) groups is 1. The molecule has 1 aliphatic heterocycles. The van der Waals surface area contributed by atoms with Crippen LogP contribution in [0.4, 0.5) is 4.39 Å². The third kappa shape index (κ3) is 7.79. The summed E-state index contributed by atoms with van der Waals surface area (Å²) in [6.07, 6.45) is 0.769. The van der Waals surface area contributed by atoms with Crippen LogP contribution >= 0.6 is 0 Å². The minimum atomic E-state index is -3.90. The molecule has 1 saturated heterocycles. The van der Waals surface area contributed by atoms with E-state index >= 15 is 0 Å². The Hall–Kier alpha value is -4.31. The maximum Gasteiger partial charge on any atom is 0.297 e. The molecule has 2 unspecified atom stereocenters. The summed E-state index contributed by atoms with van der Waals surface area (Å²) in [5.74, 6) is -0.476. The number of amides is 1. The average molecular weight is 627 g/mol. The van der Waals surface area contributed by atoms with E-state index in [0.29, 0.717) is 29.3 Å². The molecule has 0 aliphatic carbocycles. The topological polar surface area (TPSA) is 157 Å². The van der Waals surface area contributed by atoms with Gasteiger partial charge in [0.25, 0.3) is 16.0 Å². The largest absolute Gasteiger partial charge is 0.494 e. The normalized spacial score (nSPS) is 16.9. The second kappa shape index (κ2) is 13.5. The van der Waals surface area contributed by atoms with Crippen molar-refractivity contribution in [3.05, 3.63) is 83.2 Å². The van der Waals surface area contributed by atoms with Crippen LogP contribution in [-0.4, -0.2) is 78.4 Å². The highest BCUT2D eigenvalue weighted by Gasteiger charge is 2.26. The van der Waals surface area contributed by atoms with Crippen molar-refractivity contribution < 1.29 is 36.0 Å². The first-order chi connectivity index (χ1) is 21.1. The summed E-state index contributed by atoms with van der Waals surface area (Å²) in [6, 6.07) is 12.2. The highest BCUT2D eigenvalue weighted by atomic mass is 32.2. The summed E-state index contributed by atoms with van der Waals surface area (Å²) >= 11 is 0. The van der Waals surface area contributed by atoms with Gasteiger partial charge in [0.15, 0.2) is 11.6 Å². The van der Waals surface area contributed by atoms with Crippen LogP contribution in [0.1, 0.15) is 27.4 Å². The fourth-order valence-electron chi connectivity index (χ4n) is 4.34. The van der Waals surface area contributed by atoms with Crippen LogP contribution in [-0.2, 0) is 36.9 Å². The van der Waals surface area contributed by atoms with E-state index in [4.69, 9.17) is 18.4 Å². The van der Waals surface area contributed by atoms with E-state index in [1.54, 1.807) is 36.0 Å². The summed E-state index contributed by atoms with van der Waals surface area (Å²) in [5.41, 5.74) is 2.57. The number of hydrogen-bond donors (Lipinski definition) is 1. The van der Waals surface area contributed by atoms with Crippen LogP contribution in [0.15, 0.2) is 59.6 Å². The van der Waals surface area contributed by atoms with Gasteiger partial charge in [0.1, 0.15) is 29.4 Å². The first kappa shape index (κ1) is 31.1. The molecule has 2 aromatic carbocycles. The standard InChI is InChI=1S/C29H31FN6O7S/c1-18-4-7-23(8-5-18)44(38,39)43-17-22-16-41-21(15-42-22)13-36-14-27(34-35-36)25-11-26(33-19(2)32-25)29(37)31-12-20-6-9-24(30)28(10-20)40-3/h4-11,14,21-22H,12-13,15-17H2,1-3H3,(H,31,37). The zero-order valence-electron chi connectivity index (χ0n) is 24.3. The number of carbonyl (C=O) groups excluding carboxylic acids is 1. The molecule has 0 radical (unpaired) electrons. The minimum absolute atomic E-state index is 0.0809. The van der Waals surface area contributed by atoms with E-state index in [1.165, 1.54) is 37.4 Å². The van der Waals surface area contributed by atoms with E-state index in [1.807, 2.05) is 6.92 Å². The zero-order chi connectivity index (χ0) is 31.3. The van der Waals surface area contributed by atoms with E-state index in [0.717, 1.165) is 5.56 Å². The SMILES string of the molecule is COc1cc(CNC(=O)c2cc(-c3cn(CC4COC(COS(=O)(=O)c5ccc(C)cc5)CO4)nn3)nc(C)n2)ccc1F. The van der Waals surface area contributed by atoms with Crippen molar-refractivity contribution >= 4 is 16.0 Å². The van der Waals surface area contributed by atoms with Crippen molar-refractivity contribution in [3.63, 3.8) is 0 Å². The van der Waals surface area contributed by atoms with Gasteiger partial charge in [-0.1, -0.05) is 29.0 Å². The van der Waals surface area contributed by atoms with Gasteiger partial charge in [-0.3, -0.25) is 8.98 Å². The third-order valence-electron chi connectivity index (χ3n) is 6.69. The Morgan fingerprint density at radius 1 is 1.05 bits per heavy atom. The molecule has 2 aromatic heterocycles. The molecule has 0 spiro atoms. The first-order valence-electron chi connectivity index (χ1n) is 13.7. The second-order valence-electron chi connectivity index (χ2n) is 10.1. The number of methoxy groups -OCH3 is 1. The van der Waals surface area contributed by atoms with Gasteiger partial charge < -0.3 is 19.5 Å². The summed E-state index contributed by atoms with van der Waals surface area (Å²) in [7, 11) is -2.53. The van der Waals surface area contributed by atoms with Crippen LogP contribution in [0.3, 0.4) is 0 Å². The van der Waals surface area contributed by atoms with Gasteiger partial charge in [-0.2, -0.15) is 8.42 Å². The van der Waals surface area contributed by atoms with Gasteiger partial charge in [0.2, 0.25) is 0 Å². The number of ether oxygens (including phenoxy) is 3. The molecule has 232 valence electrons. The molecule has 4 aromatic rings. The molecule has 1 N–H and O–H groups in total. The Morgan fingerprint density at radius 3 is 2.52 bits per heavy atom. The van der Waals surface area contributed by atoms with Crippen LogP contribution in [0.5, 0.6) is 5.75 Å². The van der Waals surface area contributed by atoms with Gasteiger partial charge in [0, 0.05) is 6.54 Å². The molecule has 1 aliphatic rings. The number of hydrogen-bond acceptors (Lipinski definition) is 11. The lowest BCUT2D eigenvalue weighted by molar-refractivity contribution is -0.146. The third-order valence-corrected chi connectivity index (χ3v) is 7.98. The van der Waals surface area contributed by atoms with Gasteiger partial charge in [-0.05, 0) is 49.7 Å². The summed E-state index contributed by atoms with van der Waals surface area (Å²) in [6.45, 7) is 4.16. The summed E-state index contributed by atoms with van der Waals surface area (Å²) in [4.78, 5) is 21.5. The lowest BCUT2D eigenvalue weighted by atomic mass is 10.2. The molecule has 1 amide bonds. The van der Waals surface area contributed by atoms with Gasteiger partial charge in [0.05, 0.1) is 50.3 Å². The fourth-order valence-corrected chi connectivity index (χ4v) is 5.28. The zero-order valence-corrected chi connectivity index (χ0v) is 25.1. The molecular weight excluding hydrogens is 595 g/mol. The Bertz CT molecular complexity index is 1720. The average Bonchev–Trinajstić information content (AvgIpc) is 3.48. The summed E-state index contributed by atoms with van der Waals surface area (Å²) in [5, 5.41) is 11.1. The minimum Gasteiger partial charge on any atom is -0.494 e. The Morgan fingerprint density at radius 2 is 1.80 bits per heavy atom. The first-order valence-corrected chi connectivity index (χ1v) is 15.1. The van der Waals surface area contributed by atoms with Crippen molar-refractivity contribution in [1.29, 1.82) is 0 Å². The Kier molecular flexibility index (Phi) is 9.58. The fraction of sp³-hybridized carbons (Fsp3) is 0.345. The Balaban J connectivity index is 1.13.